The number of hydrogen-bond donors (Lipinski definition) is 0. The fourth-order valence-corrected chi connectivity index (χ4v) is 5.72. The monoisotopic (exact) mass is 478 g/mol. The second-order valence-corrected chi connectivity index (χ2v) is 11.8. The molecule has 2 aromatic carbocycles. The summed E-state index contributed by atoms with van der Waals surface area (Å²) in [7, 11) is -6.66. The Balaban J connectivity index is 0.000000523. The molecule has 29 heavy (non-hydrogen) atoms. The average Bonchev–Trinajstić information content (AvgIpc) is 2.66. The Kier molecular flexibility index (Phi) is 13.3. The van der Waals surface area contributed by atoms with Gasteiger partial charge in [0.1, 0.15) is 0 Å². The molecular weight excluding hydrogens is 446 g/mol. The second kappa shape index (κ2) is 13.6. The van der Waals surface area contributed by atoms with E-state index >= 15 is 0 Å². The largest absolute Gasteiger partial charge is 2.00 e. The van der Waals surface area contributed by atoms with Crippen LogP contribution in [0.4, 0.5) is 0 Å². The summed E-state index contributed by atoms with van der Waals surface area (Å²) in [6, 6.07) is 14.1. The summed E-state index contributed by atoms with van der Waals surface area (Å²) < 4.78 is 23.5. The van der Waals surface area contributed by atoms with Crippen molar-refractivity contribution in [2.24, 2.45) is 0 Å². The van der Waals surface area contributed by atoms with Gasteiger partial charge in [-0.15, -0.1) is 0 Å². The van der Waals surface area contributed by atoms with Gasteiger partial charge in [-0.1, -0.05) is 86.3 Å². The number of aryl methyl sites for hydroxylation is 2. The van der Waals surface area contributed by atoms with Gasteiger partial charge in [0.2, 0.25) is 0 Å². The zero-order valence-corrected chi connectivity index (χ0v) is 20.6. The molecule has 0 saturated heterocycles. The molecular formula is C22H32FeO4P2. The Morgan fingerprint density at radius 1 is 0.655 bits per heavy atom. The molecule has 2 rings (SSSR count). The predicted octanol–water partition coefficient (Wildman–Crippen LogP) is 4.12. The SMILES string of the molecule is CCCCP(=O)([O-])c1ccc(C)cc1.CCCCP(=O)([O-])c1ccc(C)cc1.[Fe+2]. The number of unbranched alkanes of at least 4 members (excludes halogenated alkanes) is 2. The van der Waals surface area contributed by atoms with E-state index in [1.54, 1.807) is 24.3 Å². The van der Waals surface area contributed by atoms with Crippen molar-refractivity contribution in [3.8, 4) is 0 Å². The first-order chi connectivity index (χ1) is 13.1. The van der Waals surface area contributed by atoms with Crippen LogP contribution in [-0.2, 0) is 26.2 Å². The van der Waals surface area contributed by atoms with Crippen molar-refractivity contribution in [1.29, 1.82) is 0 Å². The summed E-state index contributed by atoms with van der Waals surface area (Å²) in [4.78, 5) is 23.5. The maximum absolute atomic E-state index is 11.7. The van der Waals surface area contributed by atoms with Crippen molar-refractivity contribution in [2.45, 2.75) is 53.4 Å². The molecule has 2 atom stereocenters. The van der Waals surface area contributed by atoms with E-state index in [-0.39, 0.29) is 29.4 Å². The van der Waals surface area contributed by atoms with E-state index in [1.807, 2.05) is 52.0 Å². The number of rotatable bonds is 8. The summed E-state index contributed by atoms with van der Waals surface area (Å²) in [5, 5.41) is 0.938. The van der Waals surface area contributed by atoms with Crippen molar-refractivity contribution < 1.29 is 36.0 Å². The molecule has 162 valence electrons. The third-order valence-corrected chi connectivity index (χ3v) is 8.45. The molecule has 0 spiro atoms. The molecule has 0 N–H and O–H groups in total. The molecule has 0 heterocycles. The molecule has 0 aliphatic carbocycles. The normalized spacial score (nSPS) is 14.6. The Bertz CT molecular complexity index is 735. The van der Waals surface area contributed by atoms with Crippen LogP contribution in [0.2, 0.25) is 0 Å². The summed E-state index contributed by atoms with van der Waals surface area (Å²) in [5.41, 5.74) is 2.17. The third kappa shape index (κ3) is 10.3. The molecule has 0 amide bonds. The molecule has 7 heteroatoms. The van der Waals surface area contributed by atoms with Crippen LogP contribution >= 0.6 is 14.7 Å². The maximum atomic E-state index is 11.7. The Hall–Kier alpha value is -0.661. The van der Waals surface area contributed by atoms with Gasteiger partial charge in [0, 0.05) is 14.7 Å². The van der Waals surface area contributed by atoms with Gasteiger partial charge in [0.25, 0.3) is 0 Å². The zero-order chi connectivity index (χ0) is 21.2. The smallest absolute Gasteiger partial charge is 0.796 e. The van der Waals surface area contributed by atoms with Gasteiger partial charge in [0.05, 0.1) is 0 Å². The average molecular weight is 478 g/mol. The molecule has 2 unspecified atom stereocenters. The third-order valence-electron chi connectivity index (χ3n) is 4.47. The van der Waals surface area contributed by atoms with Gasteiger partial charge in [-0.2, -0.15) is 0 Å². The quantitative estimate of drug-likeness (QED) is 0.423. The van der Waals surface area contributed by atoms with Crippen LogP contribution in [-0.4, -0.2) is 12.3 Å². The van der Waals surface area contributed by atoms with Crippen LogP contribution in [0.15, 0.2) is 48.5 Å². The molecule has 0 aliphatic rings. The first-order valence-corrected chi connectivity index (χ1v) is 13.5. The Morgan fingerprint density at radius 3 is 1.17 bits per heavy atom. The van der Waals surface area contributed by atoms with Crippen LogP contribution in [0.3, 0.4) is 0 Å². The van der Waals surface area contributed by atoms with E-state index in [0.717, 1.165) is 36.8 Å². The van der Waals surface area contributed by atoms with Crippen LogP contribution in [0, 0.1) is 13.8 Å². The molecule has 2 aromatic rings. The van der Waals surface area contributed by atoms with E-state index in [1.165, 1.54) is 0 Å². The number of benzene rings is 2. The minimum atomic E-state index is -3.33. The second-order valence-electron chi connectivity index (χ2n) is 7.17. The maximum Gasteiger partial charge on any atom is 2.00 e. The van der Waals surface area contributed by atoms with Gasteiger partial charge >= 0.3 is 17.1 Å². The Labute approximate surface area is 186 Å². The van der Waals surface area contributed by atoms with Crippen molar-refractivity contribution in [3.05, 3.63) is 59.7 Å². The predicted molar refractivity (Wildman–Crippen MR) is 116 cm³/mol. The van der Waals surface area contributed by atoms with Gasteiger partial charge in [-0.25, -0.2) is 0 Å². The van der Waals surface area contributed by atoms with Crippen LogP contribution < -0.4 is 20.4 Å². The molecule has 4 nitrogen and oxygen atoms in total. The fraction of sp³-hybridized carbons (Fsp3) is 0.455. The van der Waals surface area contributed by atoms with Crippen LogP contribution in [0.5, 0.6) is 0 Å². The standard InChI is InChI=1S/2C11H17O2P.Fe/c2*1-3-4-9-14(12,13)11-7-5-10(2)6-8-11;/h2*5-8H,3-4,9H2,1-2H3,(H,12,13);/q;;+2/p-2. The van der Waals surface area contributed by atoms with E-state index in [9.17, 15) is 18.9 Å². The van der Waals surface area contributed by atoms with E-state index in [4.69, 9.17) is 0 Å². The van der Waals surface area contributed by atoms with Crippen molar-refractivity contribution >= 4 is 25.3 Å². The zero-order valence-electron chi connectivity index (χ0n) is 17.7. The topological polar surface area (TPSA) is 80.3 Å². The van der Waals surface area contributed by atoms with Gasteiger partial charge in [-0.05, 0) is 49.6 Å². The molecule has 0 aromatic heterocycles. The minimum absolute atomic E-state index is 0. The minimum Gasteiger partial charge on any atom is -0.796 e. The van der Waals surface area contributed by atoms with Gasteiger partial charge in [0.15, 0.2) is 0 Å². The molecule has 0 radical (unpaired) electrons. The summed E-state index contributed by atoms with van der Waals surface area (Å²) in [6.45, 7) is 7.89. The number of hydrogen-bond acceptors (Lipinski definition) is 4. The first kappa shape index (κ1) is 28.3. The fourth-order valence-electron chi connectivity index (χ4n) is 2.53. The van der Waals surface area contributed by atoms with E-state index in [0.29, 0.717) is 10.6 Å². The first-order valence-electron chi connectivity index (χ1n) is 9.87. The molecule has 0 saturated carbocycles. The van der Waals surface area contributed by atoms with Gasteiger partial charge in [-0.3, -0.25) is 0 Å². The summed E-state index contributed by atoms with van der Waals surface area (Å²) >= 11 is 0. The van der Waals surface area contributed by atoms with E-state index < -0.39 is 14.7 Å². The van der Waals surface area contributed by atoms with Crippen LogP contribution in [0.1, 0.15) is 50.7 Å². The van der Waals surface area contributed by atoms with Crippen LogP contribution in [0.25, 0.3) is 0 Å². The Morgan fingerprint density at radius 2 is 0.931 bits per heavy atom. The van der Waals surface area contributed by atoms with Gasteiger partial charge < -0.3 is 18.9 Å². The molecule has 0 aliphatic heterocycles. The molecule has 0 bridgehead atoms. The molecule has 0 fully saturated rings. The van der Waals surface area contributed by atoms with Crippen molar-refractivity contribution in [3.63, 3.8) is 0 Å². The summed E-state index contributed by atoms with van der Waals surface area (Å²) in [5.74, 6) is 0. The van der Waals surface area contributed by atoms with Crippen molar-refractivity contribution in [2.75, 3.05) is 12.3 Å². The van der Waals surface area contributed by atoms with E-state index in [2.05, 4.69) is 0 Å². The van der Waals surface area contributed by atoms with Crippen molar-refractivity contribution in [1.82, 2.24) is 0 Å². The summed E-state index contributed by atoms with van der Waals surface area (Å²) in [6.07, 6.45) is 3.89.